The van der Waals surface area contributed by atoms with Crippen molar-refractivity contribution in [1.29, 1.82) is 0 Å². The predicted octanol–water partition coefficient (Wildman–Crippen LogP) is 1.02. The van der Waals surface area contributed by atoms with Crippen molar-refractivity contribution in [3.8, 4) is 0 Å². The number of nitrogens with zero attached hydrogens (tertiary/aromatic N) is 5. The molecule has 0 radical (unpaired) electrons. The maximum Gasteiger partial charge on any atom is 0.249 e. The van der Waals surface area contributed by atoms with Crippen LogP contribution in [-0.4, -0.2) is 37.6 Å². The van der Waals surface area contributed by atoms with Crippen LogP contribution in [0.25, 0.3) is 0 Å². The molecule has 1 N–H and O–H groups in total. The van der Waals surface area contributed by atoms with Crippen molar-refractivity contribution >= 4 is 5.91 Å². The topological polar surface area (TPSA) is 85.6 Å². The third-order valence-electron chi connectivity index (χ3n) is 3.40. The minimum atomic E-state index is -0.588. The van der Waals surface area contributed by atoms with Crippen LogP contribution in [0.3, 0.4) is 0 Å². The molecule has 116 valence electrons. The van der Waals surface area contributed by atoms with Crippen LogP contribution in [0.2, 0.25) is 0 Å². The Hall–Kier alpha value is -3.09. The van der Waals surface area contributed by atoms with Gasteiger partial charge < -0.3 is 5.32 Å². The molecule has 2 heterocycles. The molecule has 3 rings (SSSR count). The zero-order chi connectivity index (χ0) is 15.9. The molecular formula is C16H16N6O. The minimum Gasteiger partial charge on any atom is -0.354 e. The minimum absolute atomic E-state index is 0.153. The molecule has 2 aromatic heterocycles. The third kappa shape index (κ3) is 3.76. The Bertz CT molecular complexity index is 730. The first kappa shape index (κ1) is 14.8. The van der Waals surface area contributed by atoms with Gasteiger partial charge in [0.25, 0.3) is 0 Å². The first-order chi connectivity index (χ1) is 11.3. The molecule has 0 aliphatic heterocycles. The molecular weight excluding hydrogens is 292 g/mol. The lowest BCUT2D eigenvalue weighted by molar-refractivity contribution is -0.123. The monoisotopic (exact) mass is 308 g/mol. The molecule has 0 fully saturated rings. The van der Waals surface area contributed by atoms with E-state index in [0.29, 0.717) is 13.0 Å². The Labute approximate surface area is 133 Å². The van der Waals surface area contributed by atoms with Gasteiger partial charge in [-0.25, -0.2) is 4.68 Å². The first-order valence-corrected chi connectivity index (χ1v) is 7.29. The van der Waals surface area contributed by atoms with Crippen molar-refractivity contribution in [2.45, 2.75) is 12.5 Å². The van der Waals surface area contributed by atoms with Crippen LogP contribution in [0, 0.1) is 0 Å². The number of pyridine rings is 1. The van der Waals surface area contributed by atoms with Crippen LogP contribution in [0.4, 0.5) is 0 Å². The smallest absolute Gasteiger partial charge is 0.249 e. The fourth-order valence-electron chi connectivity index (χ4n) is 2.30. The average molecular weight is 308 g/mol. The molecule has 1 aromatic carbocycles. The first-order valence-electron chi connectivity index (χ1n) is 7.29. The molecule has 0 aliphatic carbocycles. The van der Waals surface area contributed by atoms with Crippen LogP contribution in [-0.2, 0) is 11.2 Å². The van der Waals surface area contributed by atoms with Gasteiger partial charge in [0.15, 0.2) is 6.04 Å². The SMILES string of the molecule is O=C(NCCc1ccccn1)C(c1ccccc1)n1cnnn1. The lowest BCUT2D eigenvalue weighted by Gasteiger charge is -2.16. The molecule has 1 atom stereocenters. The second kappa shape index (κ2) is 7.26. The summed E-state index contributed by atoms with van der Waals surface area (Å²) >= 11 is 0. The van der Waals surface area contributed by atoms with Crippen molar-refractivity contribution in [1.82, 2.24) is 30.5 Å². The predicted molar refractivity (Wildman–Crippen MR) is 83.3 cm³/mol. The van der Waals surface area contributed by atoms with Gasteiger partial charge in [-0.3, -0.25) is 9.78 Å². The van der Waals surface area contributed by atoms with E-state index < -0.39 is 6.04 Å². The summed E-state index contributed by atoms with van der Waals surface area (Å²) in [6.07, 6.45) is 3.85. The quantitative estimate of drug-likeness (QED) is 0.734. The molecule has 0 bridgehead atoms. The Balaban J connectivity index is 1.69. The van der Waals surface area contributed by atoms with E-state index >= 15 is 0 Å². The summed E-state index contributed by atoms with van der Waals surface area (Å²) in [7, 11) is 0. The summed E-state index contributed by atoms with van der Waals surface area (Å²) < 4.78 is 1.45. The van der Waals surface area contributed by atoms with Gasteiger partial charge in [-0.2, -0.15) is 0 Å². The zero-order valence-corrected chi connectivity index (χ0v) is 12.4. The van der Waals surface area contributed by atoms with Crippen molar-refractivity contribution in [3.63, 3.8) is 0 Å². The summed E-state index contributed by atoms with van der Waals surface area (Å²) in [5, 5.41) is 14.0. The summed E-state index contributed by atoms with van der Waals surface area (Å²) in [5.74, 6) is -0.153. The van der Waals surface area contributed by atoms with Gasteiger partial charge in [0.1, 0.15) is 6.33 Å². The standard InChI is InChI=1S/C16H16N6O/c23-16(18-11-9-14-8-4-5-10-17-14)15(22-12-19-20-21-22)13-6-2-1-3-7-13/h1-8,10,12,15H,9,11H2,(H,18,23). The second-order valence-electron chi connectivity index (χ2n) is 4.97. The Kier molecular flexibility index (Phi) is 4.68. The summed E-state index contributed by atoms with van der Waals surface area (Å²) in [5.41, 5.74) is 1.77. The molecule has 0 aliphatic rings. The highest BCUT2D eigenvalue weighted by atomic mass is 16.2. The van der Waals surface area contributed by atoms with Crippen molar-refractivity contribution in [2.24, 2.45) is 0 Å². The fraction of sp³-hybridized carbons (Fsp3) is 0.188. The van der Waals surface area contributed by atoms with Gasteiger partial charge in [-0.15, -0.1) is 5.10 Å². The van der Waals surface area contributed by atoms with Gasteiger partial charge in [0.2, 0.25) is 5.91 Å². The lowest BCUT2D eigenvalue weighted by Crippen LogP contribution is -2.35. The van der Waals surface area contributed by atoms with E-state index in [2.05, 4.69) is 25.8 Å². The number of hydrogen-bond acceptors (Lipinski definition) is 5. The van der Waals surface area contributed by atoms with E-state index in [1.54, 1.807) is 6.20 Å². The van der Waals surface area contributed by atoms with Gasteiger partial charge in [0.05, 0.1) is 0 Å². The van der Waals surface area contributed by atoms with Crippen molar-refractivity contribution < 1.29 is 4.79 Å². The fourth-order valence-corrected chi connectivity index (χ4v) is 2.30. The number of carbonyl (C=O) groups is 1. The van der Waals surface area contributed by atoms with Crippen LogP contribution in [0.1, 0.15) is 17.3 Å². The number of aromatic nitrogens is 5. The molecule has 23 heavy (non-hydrogen) atoms. The molecule has 3 aromatic rings. The van der Waals surface area contributed by atoms with Gasteiger partial charge in [-0.1, -0.05) is 36.4 Å². The van der Waals surface area contributed by atoms with Crippen LogP contribution in [0.15, 0.2) is 61.1 Å². The van der Waals surface area contributed by atoms with Gasteiger partial charge in [-0.05, 0) is 28.1 Å². The zero-order valence-electron chi connectivity index (χ0n) is 12.4. The van der Waals surface area contributed by atoms with Crippen LogP contribution >= 0.6 is 0 Å². The molecule has 1 unspecified atom stereocenters. The number of rotatable bonds is 6. The number of amides is 1. The van der Waals surface area contributed by atoms with Crippen molar-refractivity contribution in [2.75, 3.05) is 6.54 Å². The highest BCUT2D eigenvalue weighted by molar-refractivity contribution is 5.83. The summed E-state index contributed by atoms with van der Waals surface area (Å²) in [4.78, 5) is 16.8. The van der Waals surface area contributed by atoms with Crippen LogP contribution in [0.5, 0.6) is 0 Å². The van der Waals surface area contributed by atoms with Gasteiger partial charge >= 0.3 is 0 Å². The molecule has 0 saturated heterocycles. The lowest BCUT2D eigenvalue weighted by atomic mass is 10.1. The highest BCUT2D eigenvalue weighted by Gasteiger charge is 2.23. The van der Waals surface area contributed by atoms with Crippen LogP contribution < -0.4 is 5.32 Å². The molecule has 1 amide bonds. The maximum absolute atomic E-state index is 12.6. The number of nitrogens with one attached hydrogen (secondary N) is 1. The molecule has 7 heteroatoms. The number of hydrogen-bond donors (Lipinski definition) is 1. The van der Waals surface area contributed by atoms with E-state index in [1.807, 2.05) is 48.5 Å². The third-order valence-corrected chi connectivity index (χ3v) is 3.40. The van der Waals surface area contributed by atoms with E-state index in [4.69, 9.17) is 0 Å². The van der Waals surface area contributed by atoms with Gasteiger partial charge in [0, 0.05) is 24.9 Å². The number of benzene rings is 1. The largest absolute Gasteiger partial charge is 0.354 e. The Morgan fingerprint density at radius 3 is 2.65 bits per heavy atom. The molecule has 0 spiro atoms. The average Bonchev–Trinajstić information content (AvgIpc) is 3.11. The highest BCUT2D eigenvalue weighted by Crippen LogP contribution is 2.16. The maximum atomic E-state index is 12.6. The second-order valence-corrected chi connectivity index (χ2v) is 4.97. The van der Waals surface area contributed by atoms with E-state index in [9.17, 15) is 4.79 Å². The number of carbonyl (C=O) groups excluding carboxylic acids is 1. The normalized spacial score (nSPS) is 11.8. The van der Waals surface area contributed by atoms with E-state index in [-0.39, 0.29) is 5.91 Å². The summed E-state index contributed by atoms with van der Waals surface area (Å²) in [6, 6.07) is 14.6. The van der Waals surface area contributed by atoms with Crippen molar-refractivity contribution in [3.05, 3.63) is 72.3 Å². The number of tetrazole rings is 1. The van der Waals surface area contributed by atoms with E-state index in [0.717, 1.165) is 11.3 Å². The summed E-state index contributed by atoms with van der Waals surface area (Å²) in [6.45, 7) is 0.501. The Morgan fingerprint density at radius 1 is 1.13 bits per heavy atom. The van der Waals surface area contributed by atoms with E-state index in [1.165, 1.54) is 11.0 Å². The molecule has 0 saturated carbocycles. The Morgan fingerprint density at radius 2 is 1.96 bits per heavy atom. The molecule has 7 nitrogen and oxygen atoms in total.